The van der Waals surface area contributed by atoms with Crippen LogP contribution in [0, 0.1) is 5.92 Å². The van der Waals surface area contributed by atoms with E-state index in [0.29, 0.717) is 6.61 Å². The van der Waals surface area contributed by atoms with Crippen LogP contribution in [0.2, 0.25) is 0 Å². The van der Waals surface area contributed by atoms with Gasteiger partial charge in [-0.25, -0.2) is 0 Å². The van der Waals surface area contributed by atoms with Crippen molar-refractivity contribution in [3.63, 3.8) is 0 Å². The Kier molecular flexibility index (Phi) is 22.7. The van der Waals surface area contributed by atoms with Gasteiger partial charge in [0.05, 0.1) is 0 Å². The van der Waals surface area contributed by atoms with E-state index in [1.165, 1.54) is 70.6 Å². The maximum Gasteiger partial charge on any atom is 0.0433 e. The lowest BCUT2D eigenvalue weighted by molar-refractivity contribution is 0.230. The molecular formula is C18H40O. The molecule has 2 saturated carbocycles. The van der Waals surface area contributed by atoms with Gasteiger partial charge in [-0.1, -0.05) is 98.3 Å². The molecule has 2 rings (SSSR count). The molecule has 1 nitrogen and oxygen atoms in total. The Morgan fingerprint density at radius 3 is 1.26 bits per heavy atom. The molecular weight excluding hydrogens is 232 g/mol. The first-order chi connectivity index (χ1) is 9.43. The summed E-state index contributed by atoms with van der Waals surface area (Å²) in [6, 6.07) is 0. The molecule has 2 aliphatic rings. The van der Waals surface area contributed by atoms with Crippen LogP contribution in [0.15, 0.2) is 0 Å². The molecule has 0 atom stereocenters. The average molecular weight is 273 g/mol. The quantitative estimate of drug-likeness (QED) is 0.621. The molecule has 19 heavy (non-hydrogen) atoms. The second-order valence-electron chi connectivity index (χ2n) is 5.14. The molecule has 1 heteroatoms. The highest BCUT2D eigenvalue weighted by atomic mass is 16.3. The van der Waals surface area contributed by atoms with E-state index in [1.807, 2.05) is 27.7 Å². The minimum Gasteiger partial charge on any atom is -0.396 e. The van der Waals surface area contributed by atoms with Gasteiger partial charge in [-0.15, -0.1) is 0 Å². The van der Waals surface area contributed by atoms with Gasteiger partial charge in [0.2, 0.25) is 0 Å². The van der Waals surface area contributed by atoms with Gasteiger partial charge in [-0.3, -0.25) is 0 Å². The molecule has 0 bridgehead atoms. The highest BCUT2D eigenvalue weighted by Crippen LogP contribution is 2.25. The first kappa shape index (κ1) is 21.3. The molecule has 2 fully saturated rings. The molecule has 0 heterocycles. The van der Waals surface area contributed by atoms with E-state index in [1.54, 1.807) is 0 Å². The van der Waals surface area contributed by atoms with Gasteiger partial charge < -0.3 is 5.11 Å². The van der Waals surface area contributed by atoms with Crippen LogP contribution in [-0.2, 0) is 0 Å². The zero-order valence-corrected chi connectivity index (χ0v) is 14.2. The first-order valence-electron chi connectivity index (χ1n) is 9.04. The van der Waals surface area contributed by atoms with Gasteiger partial charge in [0.25, 0.3) is 0 Å². The highest BCUT2D eigenvalue weighted by molar-refractivity contribution is 4.64. The Hall–Kier alpha value is -0.0400. The molecule has 0 aromatic carbocycles. The lowest BCUT2D eigenvalue weighted by atomic mass is 9.87. The number of hydrogen-bond acceptors (Lipinski definition) is 1. The lowest BCUT2D eigenvalue weighted by Gasteiger charge is -2.19. The monoisotopic (exact) mass is 272 g/mol. The van der Waals surface area contributed by atoms with Gasteiger partial charge in [0.15, 0.2) is 0 Å². The number of rotatable bonds is 2. The third kappa shape index (κ3) is 15.9. The molecule has 0 saturated heterocycles. The van der Waals surface area contributed by atoms with E-state index in [2.05, 4.69) is 0 Å². The molecule has 0 unspecified atom stereocenters. The van der Waals surface area contributed by atoms with Gasteiger partial charge in [0, 0.05) is 6.61 Å². The van der Waals surface area contributed by atoms with Crippen molar-refractivity contribution in [1.29, 1.82) is 0 Å². The van der Waals surface area contributed by atoms with Crippen molar-refractivity contribution in [2.24, 2.45) is 5.92 Å². The Morgan fingerprint density at radius 1 is 0.632 bits per heavy atom. The van der Waals surface area contributed by atoms with Crippen molar-refractivity contribution < 1.29 is 5.11 Å². The number of hydrogen-bond donors (Lipinski definition) is 1. The van der Waals surface area contributed by atoms with E-state index in [9.17, 15) is 0 Å². The molecule has 0 aromatic heterocycles. The molecule has 0 aromatic rings. The summed E-state index contributed by atoms with van der Waals surface area (Å²) in [7, 11) is 0. The SMILES string of the molecule is C1CCCCC1.CC.CC.OCCC1CCCCC1. The summed E-state index contributed by atoms with van der Waals surface area (Å²) in [5.41, 5.74) is 0. The minimum absolute atomic E-state index is 0.394. The molecule has 0 radical (unpaired) electrons. The molecule has 0 amide bonds. The van der Waals surface area contributed by atoms with Gasteiger partial charge in [0.1, 0.15) is 0 Å². The van der Waals surface area contributed by atoms with E-state index < -0.39 is 0 Å². The summed E-state index contributed by atoms with van der Waals surface area (Å²) in [5.74, 6) is 0.851. The van der Waals surface area contributed by atoms with Crippen molar-refractivity contribution in [2.45, 2.75) is 105 Å². The Bertz CT molecular complexity index is 109. The van der Waals surface area contributed by atoms with Gasteiger partial charge in [-0.05, 0) is 12.3 Å². The smallest absolute Gasteiger partial charge is 0.0433 e. The van der Waals surface area contributed by atoms with Crippen molar-refractivity contribution in [3.8, 4) is 0 Å². The standard InChI is InChI=1S/C8H16O.C6H12.2C2H6/c9-7-6-8-4-2-1-3-5-8;1-2-4-6-5-3-1;2*1-2/h8-9H,1-7H2;1-6H2;2*1-2H3. The van der Waals surface area contributed by atoms with E-state index in [0.717, 1.165) is 12.3 Å². The first-order valence-corrected chi connectivity index (χ1v) is 9.04. The molecule has 118 valence electrons. The fourth-order valence-electron chi connectivity index (χ4n) is 2.72. The summed E-state index contributed by atoms with van der Waals surface area (Å²) >= 11 is 0. The Balaban J connectivity index is 0. The van der Waals surface area contributed by atoms with Crippen LogP contribution >= 0.6 is 0 Å². The maximum absolute atomic E-state index is 8.62. The van der Waals surface area contributed by atoms with E-state index in [-0.39, 0.29) is 0 Å². The minimum atomic E-state index is 0.394. The zero-order valence-electron chi connectivity index (χ0n) is 14.2. The second kappa shape index (κ2) is 20.3. The Morgan fingerprint density at radius 2 is 0.947 bits per heavy atom. The van der Waals surface area contributed by atoms with Crippen LogP contribution in [-0.4, -0.2) is 11.7 Å². The van der Waals surface area contributed by atoms with Crippen molar-refractivity contribution in [3.05, 3.63) is 0 Å². The maximum atomic E-state index is 8.62. The molecule has 1 N–H and O–H groups in total. The average Bonchev–Trinajstić information content (AvgIpc) is 2.55. The largest absolute Gasteiger partial charge is 0.396 e. The third-order valence-corrected chi connectivity index (χ3v) is 3.76. The summed E-state index contributed by atoms with van der Waals surface area (Å²) in [6.45, 7) is 8.39. The highest BCUT2D eigenvalue weighted by Gasteiger charge is 2.11. The van der Waals surface area contributed by atoms with E-state index >= 15 is 0 Å². The van der Waals surface area contributed by atoms with Crippen LogP contribution < -0.4 is 0 Å². The molecule has 0 spiro atoms. The summed E-state index contributed by atoms with van der Waals surface area (Å²) in [5, 5.41) is 8.62. The van der Waals surface area contributed by atoms with Gasteiger partial charge >= 0.3 is 0 Å². The molecule has 0 aliphatic heterocycles. The predicted octanol–water partition coefficient (Wildman–Crippen LogP) is 6.34. The van der Waals surface area contributed by atoms with Crippen molar-refractivity contribution >= 4 is 0 Å². The predicted molar refractivity (Wildman–Crippen MR) is 88.7 cm³/mol. The Labute approximate surface area is 123 Å². The fraction of sp³-hybridized carbons (Fsp3) is 1.00. The van der Waals surface area contributed by atoms with Crippen LogP contribution in [0.25, 0.3) is 0 Å². The summed E-state index contributed by atoms with van der Waals surface area (Å²) in [6.07, 6.45) is 17.0. The third-order valence-electron chi connectivity index (χ3n) is 3.76. The van der Waals surface area contributed by atoms with Crippen molar-refractivity contribution in [1.82, 2.24) is 0 Å². The summed E-state index contributed by atoms with van der Waals surface area (Å²) < 4.78 is 0. The van der Waals surface area contributed by atoms with Crippen molar-refractivity contribution in [2.75, 3.05) is 6.61 Å². The topological polar surface area (TPSA) is 20.2 Å². The lowest BCUT2D eigenvalue weighted by Crippen LogP contribution is -2.07. The normalized spacial score (nSPS) is 18.8. The van der Waals surface area contributed by atoms with Crippen LogP contribution in [0.1, 0.15) is 105 Å². The zero-order chi connectivity index (χ0) is 14.8. The second-order valence-corrected chi connectivity index (χ2v) is 5.14. The van der Waals surface area contributed by atoms with Crippen LogP contribution in [0.4, 0.5) is 0 Å². The van der Waals surface area contributed by atoms with E-state index in [4.69, 9.17) is 5.11 Å². The number of aliphatic hydroxyl groups is 1. The van der Waals surface area contributed by atoms with Crippen LogP contribution in [0.5, 0.6) is 0 Å². The van der Waals surface area contributed by atoms with Crippen LogP contribution in [0.3, 0.4) is 0 Å². The van der Waals surface area contributed by atoms with Gasteiger partial charge in [-0.2, -0.15) is 0 Å². The fourth-order valence-corrected chi connectivity index (χ4v) is 2.72. The summed E-state index contributed by atoms with van der Waals surface area (Å²) in [4.78, 5) is 0. The molecule has 2 aliphatic carbocycles. The number of aliphatic hydroxyl groups excluding tert-OH is 1.